The first kappa shape index (κ1) is 16.7. The van der Waals surface area contributed by atoms with Gasteiger partial charge in [-0.2, -0.15) is 5.10 Å². The quantitative estimate of drug-likeness (QED) is 0.790. The van der Waals surface area contributed by atoms with Gasteiger partial charge in [-0.05, 0) is 30.2 Å². The molecule has 0 aliphatic rings. The lowest BCUT2D eigenvalue weighted by molar-refractivity contribution is -0.118. The number of carbonyl (C=O) groups excluding carboxylic acids is 2. The number of nitrogens with zero attached hydrogens (tertiary/aromatic N) is 1. The van der Waals surface area contributed by atoms with Gasteiger partial charge >= 0.3 is 0 Å². The fourth-order valence-corrected chi connectivity index (χ4v) is 1.88. The number of hydrogen-bond donors (Lipinski definition) is 3. The molecule has 0 saturated heterocycles. The fourth-order valence-electron chi connectivity index (χ4n) is 1.88. The Morgan fingerprint density at radius 1 is 1.04 bits per heavy atom. The maximum absolute atomic E-state index is 12.2. The Hall–Kier alpha value is -2.63. The molecule has 6 heteroatoms. The van der Waals surface area contributed by atoms with Crippen LogP contribution in [0.5, 0.6) is 0 Å². The summed E-state index contributed by atoms with van der Waals surface area (Å²) in [6, 6.07) is 8.57. The number of carbonyl (C=O) groups is 2. The molecule has 0 atom stereocenters. The Labute approximate surface area is 135 Å². The average Bonchev–Trinajstić information content (AvgIpc) is 2.96. The van der Waals surface area contributed by atoms with Crippen molar-refractivity contribution >= 4 is 23.3 Å². The first-order valence-electron chi connectivity index (χ1n) is 7.64. The Morgan fingerprint density at radius 3 is 2.22 bits per heavy atom. The number of anilines is 2. The maximum atomic E-state index is 12.2. The van der Waals surface area contributed by atoms with Crippen molar-refractivity contribution < 1.29 is 9.59 Å². The molecule has 0 fully saturated rings. The fraction of sp³-hybridized carbons (Fsp3) is 0.353. The molecule has 0 aliphatic carbocycles. The van der Waals surface area contributed by atoms with Crippen LogP contribution in [0.1, 0.15) is 49.7 Å². The van der Waals surface area contributed by atoms with E-state index >= 15 is 0 Å². The standard InChI is InChI=1S/C17H22N4O2/c1-10(2)14-9-15(21-20-14)19-17(23)12-5-7-13(8-6-12)18-16(22)11(3)4/h5-11H,1-4H3,(H,18,22)(H2,19,20,21,23). The molecule has 2 rings (SSSR count). The minimum Gasteiger partial charge on any atom is -0.326 e. The molecule has 2 amide bonds. The zero-order valence-electron chi connectivity index (χ0n) is 13.8. The molecule has 0 unspecified atom stereocenters. The monoisotopic (exact) mass is 314 g/mol. The van der Waals surface area contributed by atoms with Gasteiger partial charge < -0.3 is 10.6 Å². The molecule has 0 spiro atoms. The highest BCUT2D eigenvalue weighted by atomic mass is 16.2. The lowest BCUT2D eigenvalue weighted by atomic mass is 10.1. The number of hydrogen-bond acceptors (Lipinski definition) is 3. The lowest BCUT2D eigenvalue weighted by Gasteiger charge is -2.08. The van der Waals surface area contributed by atoms with E-state index in [-0.39, 0.29) is 17.7 Å². The number of benzene rings is 1. The number of nitrogens with one attached hydrogen (secondary N) is 3. The van der Waals surface area contributed by atoms with Gasteiger partial charge in [0.15, 0.2) is 5.82 Å². The third kappa shape index (κ3) is 4.42. The molecule has 1 aromatic carbocycles. The Kier molecular flexibility index (Phi) is 5.16. The van der Waals surface area contributed by atoms with E-state index in [4.69, 9.17) is 0 Å². The van der Waals surface area contributed by atoms with Crippen molar-refractivity contribution in [2.45, 2.75) is 33.6 Å². The Morgan fingerprint density at radius 2 is 1.70 bits per heavy atom. The van der Waals surface area contributed by atoms with E-state index in [0.717, 1.165) is 5.69 Å². The van der Waals surface area contributed by atoms with Crippen LogP contribution in [0.3, 0.4) is 0 Å². The minimum atomic E-state index is -0.242. The molecular weight excluding hydrogens is 292 g/mol. The van der Waals surface area contributed by atoms with E-state index in [1.165, 1.54) is 0 Å². The van der Waals surface area contributed by atoms with Crippen LogP contribution >= 0.6 is 0 Å². The summed E-state index contributed by atoms with van der Waals surface area (Å²) in [6.45, 7) is 7.74. The van der Waals surface area contributed by atoms with Gasteiger partial charge in [-0.3, -0.25) is 14.7 Å². The average molecular weight is 314 g/mol. The van der Waals surface area contributed by atoms with E-state index in [9.17, 15) is 9.59 Å². The van der Waals surface area contributed by atoms with E-state index in [1.54, 1.807) is 24.3 Å². The van der Waals surface area contributed by atoms with Crippen molar-refractivity contribution in [2.24, 2.45) is 5.92 Å². The number of rotatable bonds is 5. The molecule has 6 nitrogen and oxygen atoms in total. The highest BCUT2D eigenvalue weighted by Gasteiger charge is 2.11. The zero-order chi connectivity index (χ0) is 17.0. The number of aromatic amines is 1. The van der Waals surface area contributed by atoms with Crippen molar-refractivity contribution in [1.29, 1.82) is 0 Å². The van der Waals surface area contributed by atoms with E-state index in [0.29, 0.717) is 23.0 Å². The highest BCUT2D eigenvalue weighted by molar-refractivity contribution is 6.04. The Bertz CT molecular complexity index is 687. The highest BCUT2D eigenvalue weighted by Crippen LogP contribution is 2.16. The summed E-state index contributed by atoms with van der Waals surface area (Å²) in [6.07, 6.45) is 0. The van der Waals surface area contributed by atoms with Gasteiger partial charge in [0.1, 0.15) is 0 Å². The summed E-state index contributed by atoms with van der Waals surface area (Å²) in [5, 5.41) is 12.5. The normalized spacial score (nSPS) is 10.9. The molecule has 1 heterocycles. The molecular formula is C17H22N4O2. The molecule has 3 N–H and O–H groups in total. The van der Waals surface area contributed by atoms with Crippen LogP contribution in [0.2, 0.25) is 0 Å². The van der Waals surface area contributed by atoms with E-state index in [2.05, 4.69) is 20.8 Å². The predicted molar refractivity (Wildman–Crippen MR) is 90.5 cm³/mol. The maximum Gasteiger partial charge on any atom is 0.256 e. The molecule has 0 bridgehead atoms. The third-order valence-corrected chi connectivity index (χ3v) is 3.40. The summed E-state index contributed by atoms with van der Waals surface area (Å²) < 4.78 is 0. The number of H-pyrrole nitrogens is 1. The van der Waals surface area contributed by atoms with Crippen molar-refractivity contribution in [2.75, 3.05) is 10.6 Å². The number of aromatic nitrogens is 2. The predicted octanol–water partition coefficient (Wildman–Crippen LogP) is 3.38. The van der Waals surface area contributed by atoms with Gasteiger partial charge in [0.25, 0.3) is 5.91 Å². The van der Waals surface area contributed by atoms with Gasteiger partial charge in [-0.1, -0.05) is 27.7 Å². The van der Waals surface area contributed by atoms with Crippen LogP contribution < -0.4 is 10.6 Å². The molecule has 0 saturated carbocycles. The molecule has 2 aromatic rings. The summed E-state index contributed by atoms with van der Waals surface area (Å²) >= 11 is 0. The smallest absolute Gasteiger partial charge is 0.256 e. The summed E-state index contributed by atoms with van der Waals surface area (Å²) in [7, 11) is 0. The molecule has 0 radical (unpaired) electrons. The Balaban J connectivity index is 2.00. The van der Waals surface area contributed by atoms with Crippen molar-refractivity contribution in [3.05, 3.63) is 41.6 Å². The largest absolute Gasteiger partial charge is 0.326 e. The van der Waals surface area contributed by atoms with Crippen molar-refractivity contribution in [3.63, 3.8) is 0 Å². The molecule has 122 valence electrons. The summed E-state index contributed by atoms with van der Waals surface area (Å²) in [5.41, 5.74) is 2.14. The van der Waals surface area contributed by atoms with Crippen LogP contribution in [-0.4, -0.2) is 22.0 Å². The van der Waals surface area contributed by atoms with Crippen LogP contribution in [0.4, 0.5) is 11.5 Å². The molecule has 0 aliphatic heterocycles. The second kappa shape index (κ2) is 7.09. The summed E-state index contributed by atoms with van der Waals surface area (Å²) in [5.74, 6) is 0.425. The van der Waals surface area contributed by atoms with Crippen molar-refractivity contribution in [1.82, 2.24) is 10.2 Å². The first-order valence-corrected chi connectivity index (χ1v) is 7.64. The first-order chi connectivity index (χ1) is 10.9. The van der Waals surface area contributed by atoms with Crippen LogP contribution in [0.25, 0.3) is 0 Å². The second-order valence-corrected chi connectivity index (χ2v) is 6.04. The lowest BCUT2D eigenvalue weighted by Crippen LogP contribution is -2.18. The minimum absolute atomic E-state index is 0.0556. The third-order valence-electron chi connectivity index (χ3n) is 3.40. The SMILES string of the molecule is CC(C)C(=O)Nc1ccc(C(=O)Nc2cc(C(C)C)[nH]n2)cc1. The van der Waals surface area contributed by atoms with Gasteiger partial charge in [0.2, 0.25) is 5.91 Å². The number of amides is 2. The topological polar surface area (TPSA) is 86.9 Å². The van der Waals surface area contributed by atoms with Crippen LogP contribution in [-0.2, 0) is 4.79 Å². The van der Waals surface area contributed by atoms with E-state index in [1.807, 2.05) is 33.8 Å². The van der Waals surface area contributed by atoms with Crippen LogP contribution in [0.15, 0.2) is 30.3 Å². The van der Waals surface area contributed by atoms with Gasteiger partial charge in [-0.15, -0.1) is 0 Å². The second-order valence-electron chi connectivity index (χ2n) is 6.04. The molecule has 23 heavy (non-hydrogen) atoms. The van der Waals surface area contributed by atoms with E-state index < -0.39 is 0 Å². The van der Waals surface area contributed by atoms with Gasteiger partial charge in [-0.25, -0.2) is 0 Å². The van der Waals surface area contributed by atoms with Crippen LogP contribution in [0, 0.1) is 5.92 Å². The van der Waals surface area contributed by atoms with Gasteiger partial charge in [0, 0.05) is 28.9 Å². The van der Waals surface area contributed by atoms with Gasteiger partial charge in [0.05, 0.1) is 0 Å². The summed E-state index contributed by atoms with van der Waals surface area (Å²) in [4.78, 5) is 23.8. The zero-order valence-corrected chi connectivity index (χ0v) is 13.8. The molecule has 1 aromatic heterocycles. The van der Waals surface area contributed by atoms with Crippen molar-refractivity contribution in [3.8, 4) is 0 Å².